The molecule has 3 nitrogen and oxygen atoms in total. The van der Waals surface area contributed by atoms with Crippen LogP contribution in [0.3, 0.4) is 0 Å². The van der Waals surface area contributed by atoms with E-state index in [2.05, 4.69) is 90.5 Å². The quantitative estimate of drug-likeness (QED) is 0.200. The fraction of sp³-hybridized carbons (Fsp3) is 0.194. The van der Waals surface area contributed by atoms with Gasteiger partial charge in [-0.15, -0.1) is 0 Å². The van der Waals surface area contributed by atoms with E-state index in [-0.39, 0.29) is 5.97 Å². The first-order valence-corrected chi connectivity index (χ1v) is 11.7. The van der Waals surface area contributed by atoms with Crippen LogP contribution in [0, 0.1) is 0 Å². The highest BCUT2D eigenvalue weighted by atomic mass is 16.5. The summed E-state index contributed by atoms with van der Waals surface area (Å²) < 4.78 is 10.3. The summed E-state index contributed by atoms with van der Waals surface area (Å²) in [6, 6.07) is 36.4. The van der Waals surface area contributed by atoms with Crippen molar-refractivity contribution in [2.24, 2.45) is 0 Å². The second-order valence-electron chi connectivity index (χ2n) is 7.85. The summed E-state index contributed by atoms with van der Waals surface area (Å²) in [7, 11) is 1.37. The predicted octanol–water partition coefficient (Wildman–Crippen LogP) is 8.06. The highest BCUT2D eigenvalue weighted by molar-refractivity contribution is 5.89. The lowest BCUT2D eigenvalue weighted by atomic mass is 9.95. The Kier molecular flexibility index (Phi) is 9.94. The van der Waals surface area contributed by atoms with Crippen LogP contribution < -0.4 is 4.74 Å². The lowest BCUT2D eigenvalue weighted by Gasteiger charge is -2.11. The zero-order valence-electron chi connectivity index (χ0n) is 19.9. The van der Waals surface area contributed by atoms with Crippen LogP contribution in [0.2, 0.25) is 0 Å². The van der Waals surface area contributed by atoms with Crippen molar-refractivity contribution in [3.05, 3.63) is 115 Å². The predicted molar refractivity (Wildman–Crippen MR) is 140 cm³/mol. The summed E-state index contributed by atoms with van der Waals surface area (Å²) >= 11 is 0. The molecular weight excluding hydrogens is 420 g/mol. The van der Waals surface area contributed by atoms with Gasteiger partial charge in [-0.3, -0.25) is 0 Å². The van der Waals surface area contributed by atoms with E-state index in [1.807, 2.05) is 6.07 Å². The zero-order chi connectivity index (χ0) is 24.0. The lowest BCUT2D eigenvalue weighted by Crippen LogP contribution is -1.99. The van der Waals surface area contributed by atoms with Crippen LogP contribution in [0.4, 0.5) is 0 Å². The summed E-state index contributed by atoms with van der Waals surface area (Å²) in [5, 5.41) is 0. The Hall–Kier alpha value is -3.85. The first-order chi connectivity index (χ1) is 16.7. The van der Waals surface area contributed by atoms with Crippen molar-refractivity contribution < 1.29 is 14.3 Å². The Labute approximate surface area is 203 Å². The van der Waals surface area contributed by atoms with Crippen LogP contribution in [-0.4, -0.2) is 19.7 Å². The van der Waals surface area contributed by atoms with Gasteiger partial charge in [0.2, 0.25) is 0 Å². The average molecular weight is 453 g/mol. The molecule has 0 aliphatic heterocycles. The first kappa shape index (κ1) is 24.8. The molecule has 0 N–H and O–H groups in total. The molecule has 0 saturated heterocycles. The third-order valence-corrected chi connectivity index (χ3v) is 5.39. The number of carbonyl (C=O) groups is 1. The number of methoxy groups -OCH3 is 1. The summed E-state index contributed by atoms with van der Waals surface area (Å²) in [6.45, 7) is 3.01. The molecule has 0 aliphatic carbocycles. The summed E-state index contributed by atoms with van der Waals surface area (Å²) in [5.74, 6) is 0.660. The van der Waals surface area contributed by atoms with Gasteiger partial charge in [-0.25, -0.2) is 4.79 Å². The van der Waals surface area contributed by atoms with Crippen molar-refractivity contribution in [3.63, 3.8) is 0 Å². The molecule has 0 spiro atoms. The minimum atomic E-state index is -0.291. The van der Waals surface area contributed by atoms with Gasteiger partial charge in [-0.05, 0) is 52.9 Å². The van der Waals surface area contributed by atoms with Crippen molar-refractivity contribution in [2.75, 3.05) is 13.7 Å². The van der Waals surface area contributed by atoms with Gasteiger partial charge in [0.05, 0.1) is 19.3 Å². The molecule has 4 rings (SSSR count). The molecule has 174 valence electrons. The van der Waals surface area contributed by atoms with Gasteiger partial charge in [-0.1, -0.05) is 105 Å². The Bertz CT molecular complexity index is 1120. The summed E-state index contributed by atoms with van der Waals surface area (Å²) in [6.07, 6.45) is 3.57. The van der Waals surface area contributed by atoms with Crippen LogP contribution in [0.15, 0.2) is 109 Å². The largest absolute Gasteiger partial charge is 0.494 e. The maximum absolute atomic E-state index is 10.8. The zero-order valence-corrected chi connectivity index (χ0v) is 19.9. The molecule has 34 heavy (non-hydrogen) atoms. The number of carbonyl (C=O) groups excluding carboxylic acids is 1. The van der Waals surface area contributed by atoms with Crippen molar-refractivity contribution in [1.82, 2.24) is 0 Å². The van der Waals surface area contributed by atoms with Crippen LogP contribution in [0.25, 0.3) is 22.3 Å². The maximum atomic E-state index is 10.8. The van der Waals surface area contributed by atoms with Gasteiger partial charge in [0.25, 0.3) is 0 Å². The normalized spacial score (nSPS) is 10.1. The molecule has 0 atom stereocenters. The topological polar surface area (TPSA) is 35.5 Å². The first-order valence-electron chi connectivity index (χ1n) is 11.7. The molecule has 0 unspecified atom stereocenters. The fourth-order valence-electron chi connectivity index (χ4n) is 3.57. The highest BCUT2D eigenvalue weighted by Gasteiger charge is 2.07. The van der Waals surface area contributed by atoms with E-state index in [0.717, 1.165) is 18.8 Å². The third-order valence-electron chi connectivity index (χ3n) is 5.39. The molecule has 0 aliphatic rings. The number of unbranched alkanes of at least 4 members (excludes halogenated alkanes) is 2. The molecule has 0 radical (unpaired) electrons. The van der Waals surface area contributed by atoms with Crippen molar-refractivity contribution in [2.45, 2.75) is 26.2 Å². The molecule has 0 heterocycles. The molecule has 0 fully saturated rings. The number of ether oxygens (including phenoxy) is 2. The number of hydrogen-bond acceptors (Lipinski definition) is 3. The Morgan fingerprint density at radius 2 is 1.18 bits per heavy atom. The molecule has 0 saturated carbocycles. The molecule has 3 heteroatoms. The Balaban J connectivity index is 0.000000271. The molecule has 0 aromatic heterocycles. The molecule has 4 aromatic carbocycles. The standard InChI is InChI=1S/C23H24O.C8H8O2/c1-2-3-9-18-24-21-16-14-20(15-17-21)23-13-8-7-12-22(23)19-10-5-4-6-11-19;1-10-8(9)7-5-3-2-4-6-7/h4-8,10-17H,2-3,9,18H2,1H3;2-6H,1H3. The van der Waals surface area contributed by atoms with E-state index < -0.39 is 0 Å². The second-order valence-corrected chi connectivity index (χ2v) is 7.85. The Morgan fingerprint density at radius 1 is 0.647 bits per heavy atom. The van der Waals surface area contributed by atoms with Gasteiger partial charge in [0.1, 0.15) is 5.75 Å². The van der Waals surface area contributed by atoms with Gasteiger partial charge < -0.3 is 9.47 Å². The molecule has 4 aromatic rings. The van der Waals surface area contributed by atoms with E-state index in [9.17, 15) is 4.79 Å². The lowest BCUT2D eigenvalue weighted by molar-refractivity contribution is 0.0600. The van der Waals surface area contributed by atoms with Crippen LogP contribution in [0.5, 0.6) is 5.75 Å². The van der Waals surface area contributed by atoms with Gasteiger partial charge in [-0.2, -0.15) is 0 Å². The van der Waals surface area contributed by atoms with Crippen LogP contribution in [-0.2, 0) is 4.74 Å². The number of esters is 1. The minimum absolute atomic E-state index is 0.291. The van der Waals surface area contributed by atoms with E-state index >= 15 is 0 Å². The number of hydrogen-bond donors (Lipinski definition) is 0. The SMILES string of the molecule is CCCCCOc1ccc(-c2ccccc2-c2ccccc2)cc1.COC(=O)c1ccccc1. The molecule has 0 bridgehead atoms. The smallest absolute Gasteiger partial charge is 0.337 e. The minimum Gasteiger partial charge on any atom is -0.494 e. The molecule has 0 amide bonds. The Morgan fingerprint density at radius 3 is 1.74 bits per heavy atom. The van der Waals surface area contributed by atoms with E-state index in [4.69, 9.17) is 4.74 Å². The van der Waals surface area contributed by atoms with Gasteiger partial charge in [0, 0.05) is 0 Å². The van der Waals surface area contributed by atoms with Crippen molar-refractivity contribution in [3.8, 4) is 28.0 Å². The van der Waals surface area contributed by atoms with E-state index in [1.54, 1.807) is 24.3 Å². The average Bonchev–Trinajstić information content (AvgIpc) is 2.92. The molecular formula is C31H32O3. The van der Waals surface area contributed by atoms with Crippen molar-refractivity contribution >= 4 is 5.97 Å². The van der Waals surface area contributed by atoms with E-state index in [0.29, 0.717) is 5.56 Å². The second kappa shape index (κ2) is 13.6. The monoisotopic (exact) mass is 452 g/mol. The summed E-state index contributed by atoms with van der Waals surface area (Å²) in [5.41, 5.74) is 5.56. The number of benzene rings is 4. The maximum Gasteiger partial charge on any atom is 0.337 e. The van der Waals surface area contributed by atoms with Crippen molar-refractivity contribution in [1.29, 1.82) is 0 Å². The fourth-order valence-corrected chi connectivity index (χ4v) is 3.57. The third kappa shape index (κ3) is 7.35. The highest BCUT2D eigenvalue weighted by Crippen LogP contribution is 2.32. The van der Waals surface area contributed by atoms with Gasteiger partial charge >= 0.3 is 5.97 Å². The van der Waals surface area contributed by atoms with Gasteiger partial charge in [0.15, 0.2) is 0 Å². The van der Waals surface area contributed by atoms with E-state index in [1.165, 1.54) is 42.2 Å². The van der Waals surface area contributed by atoms with Crippen LogP contribution in [0.1, 0.15) is 36.5 Å². The number of rotatable bonds is 8. The van der Waals surface area contributed by atoms with Crippen LogP contribution >= 0.6 is 0 Å². The summed E-state index contributed by atoms with van der Waals surface area (Å²) in [4.78, 5) is 10.8.